The zero-order valence-corrected chi connectivity index (χ0v) is 12.4. The van der Waals surface area contributed by atoms with Crippen molar-refractivity contribution in [1.29, 1.82) is 0 Å². The number of nitrogens with one attached hydrogen (secondary N) is 1. The molecular weight excluding hydrogens is 286 g/mol. The molecule has 19 heavy (non-hydrogen) atoms. The summed E-state index contributed by atoms with van der Waals surface area (Å²) < 4.78 is 27.1. The molecule has 2 N–H and O–H groups in total. The Kier molecular flexibility index (Phi) is 3.98. The van der Waals surface area contributed by atoms with Crippen LogP contribution in [-0.2, 0) is 10.0 Å². The number of hydrogen-bond donors (Lipinski definition) is 2. The van der Waals surface area contributed by atoms with E-state index in [2.05, 4.69) is 11.6 Å². The largest absolute Gasteiger partial charge is 0.477 e. The van der Waals surface area contributed by atoms with E-state index in [4.69, 9.17) is 5.11 Å². The van der Waals surface area contributed by atoms with Crippen molar-refractivity contribution in [2.45, 2.75) is 36.9 Å². The van der Waals surface area contributed by atoms with Gasteiger partial charge in [-0.3, -0.25) is 0 Å². The van der Waals surface area contributed by atoms with Crippen molar-refractivity contribution in [3.8, 4) is 0 Å². The van der Waals surface area contributed by atoms with Crippen LogP contribution >= 0.6 is 11.3 Å². The summed E-state index contributed by atoms with van der Waals surface area (Å²) in [6.45, 7) is 4.16. The van der Waals surface area contributed by atoms with E-state index in [1.807, 2.05) is 6.92 Å². The van der Waals surface area contributed by atoms with Gasteiger partial charge in [-0.1, -0.05) is 13.8 Å². The Morgan fingerprint density at radius 1 is 1.37 bits per heavy atom. The number of carbonyl (C=O) groups is 1. The Labute approximate surface area is 116 Å². The van der Waals surface area contributed by atoms with Gasteiger partial charge in [0.25, 0.3) is 0 Å². The molecule has 5 nitrogen and oxygen atoms in total. The lowest BCUT2D eigenvalue weighted by molar-refractivity contribution is 0.0702. The Morgan fingerprint density at radius 3 is 2.53 bits per heavy atom. The van der Waals surface area contributed by atoms with E-state index in [1.54, 1.807) is 0 Å². The first-order valence-corrected chi connectivity index (χ1v) is 8.46. The minimum absolute atomic E-state index is 0.0354. The second kappa shape index (κ2) is 5.22. The van der Waals surface area contributed by atoms with E-state index in [0.717, 1.165) is 24.2 Å². The Hall–Kier alpha value is -0.920. The van der Waals surface area contributed by atoms with Gasteiger partial charge in [0.2, 0.25) is 10.0 Å². The number of hydrogen-bond acceptors (Lipinski definition) is 4. The molecule has 1 saturated carbocycles. The Morgan fingerprint density at radius 2 is 2.05 bits per heavy atom. The fourth-order valence-electron chi connectivity index (χ4n) is 2.37. The second-order valence-electron chi connectivity index (χ2n) is 5.07. The van der Waals surface area contributed by atoms with Crippen molar-refractivity contribution in [3.05, 3.63) is 17.0 Å². The Balaban J connectivity index is 2.16. The molecule has 1 aliphatic rings. The third-order valence-corrected chi connectivity index (χ3v) is 6.88. The average Bonchev–Trinajstić information content (AvgIpc) is 2.92. The van der Waals surface area contributed by atoms with Crippen LogP contribution in [0.2, 0.25) is 0 Å². The first-order chi connectivity index (χ1) is 8.81. The van der Waals surface area contributed by atoms with Crippen LogP contribution in [0.1, 0.15) is 36.4 Å². The predicted octanol–water partition coefficient (Wildman–Crippen LogP) is 2.16. The second-order valence-corrected chi connectivity index (χ2v) is 8.09. The fraction of sp³-hybridized carbons (Fsp3) is 0.583. The van der Waals surface area contributed by atoms with Crippen LogP contribution < -0.4 is 4.72 Å². The Bertz CT molecular complexity index is 578. The standard InChI is InChI=1S/C12H17NO4S2/c1-7-3-4-9(8(7)2)13-19(16,17)11-6-5-10(18-11)12(14)15/h5-9,13H,3-4H2,1-2H3,(H,14,15). The smallest absolute Gasteiger partial charge is 0.345 e. The van der Waals surface area contributed by atoms with Gasteiger partial charge in [-0.15, -0.1) is 11.3 Å². The predicted molar refractivity (Wildman–Crippen MR) is 72.9 cm³/mol. The number of thiophene rings is 1. The van der Waals surface area contributed by atoms with Crippen LogP contribution in [0, 0.1) is 11.8 Å². The molecule has 0 amide bonds. The first-order valence-electron chi connectivity index (χ1n) is 6.16. The molecule has 1 fully saturated rings. The van der Waals surface area contributed by atoms with Crippen molar-refractivity contribution in [1.82, 2.24) is 4.72 Å². The van der Waals surface area contributed by atoms with Gasteiger partial charge in [0, 0.05) is 6.04 Å². The monoisotopic (exact) mass is 303 g/mol. The molecule has 0 aromatic carbocycles. The number of aromatic carboxylic acids is 1. The van der Waals surface area contributed by atoms with Gasteiger partial charge in [0.15, 0.2) is 0 Å². The molecule has 1 aromatic rings. The van der Waals surface area contributed by atoms with Gasteiger partial charge in [0.05, 0.1) is 0 Å². The lowest BCUT2D eigenvalue weighted by Gasteiger charge is -2.19. The highest BCUT2D eigenvalue weighted by Gasteiger charge is 2.33. The number of rotatable bonds is 4. The molecule has 0 aliphatic heterocycles. The molecule has 3 atom stereocenters. The number of sulfonamides is 1. The lowest BCUT2D eigenvalue weighted by Crippen LogP contribution is -2.36. The summed E-state index contributed by atoms with van der Waals surface area (Å²) in [5, 5.41) is 8.82. The summed E-state index contributed by atoms with van der Waals surface area (Å²) in [5.41, 5.74) is 0. The van der Waals surface area contributed by atoms with Gasteiger partial charge >= 0.3 is 5.97 Å². The van der Waals surface area contributed by atoms with E-state index in [1.165, 1.54) is 12.1 Å². The summed E-state index contributed by atoms with van der Waals surface area (Å²) in [4.78, 5) is 10.8. The zero-order chi connectivity index (χ0) is 14.2. The fourth-order valence-corrected chi connectivity index (χ4v) is 4.89. The average molecular weight is 303 g/mol. The van der Waals surface area contributed by atoms with Crippen LogP contribution in [0.25, 0.3) is 0 Å². The quantitative estimate of drug-likeness (QED) is 0.893. The van der Waals surface area contributed by atoms with Gasteiger partial charge in [-0.2, -0.15) is 0 Å². The van der Waals surface area contributed by atoms with E-state index in [9.17, 15) is 13.2 Å². The first kappa shape index (κ1) is 14.5. The molecule has 1 aromatic heterocycles. The molecule has 1 aliphatic carbocycles. The normalized spacial score (nSPS) is 27.6. The summed E-state index contributed by atoms with van der Waals surface area (Å²) in [7, 11) is -3.61. The van der Waals surface area contributed by atoms with Crippen molar-refractivity contribution < 1.29 is 18.3 Å². The van der Waals surface area contributed by atoms with E-state index < -0.39 is 16.0 Å². The SMILES string of the molecule is CC1CCC(NS(=O)(=O)c2ccc(C(=O)O)s2)C1C. The number of carboxylic acid groups (broad SMARTS) is 1. The molecule has 1 heterocycles. The van der Waals surface area contributed by atoms with Crippen LogP contribution in [0.3, 0.4) is 0 Å². The molecule has 106 valence electrons. The highest BCUT2D eigenvalue weighted by atomic mass is 32.2. The molecule has 0 saturated heterocycles. The van der Waals surface area contributed by atoms with E-state index in [0.29, 0.717) is 11.8 Å². The summed E-state index contributed by atoms with van der Waals surface area (Å²) in [5.74, 6) is -0.298. The van der Waals surface area contributed by atoms with Crippen molar-refractivity contribution >= 4 is 27.3 Å². The van der Waals surface area contributed by atoms with Crippen molar-refractivity contribution in [2.75, 3.05) is 0 Å². The summed E-state index contributed by atoms with van der Waals surface area (Å²) in [6, 6.07) is 2.61. The maximum atomic E-state index is 12.2. The molecule has 3 unspecified atom stereocenters. The topological polar surface area (TPSA) is 83.5 Å². The maximum Gasteiger partial charge on any atom is 0.345 e. The van der Waals surface area contributed by atoms with Gasteiger partial charge in [0.1, 0.15) is 9.09 Å². The van der Waals surface area contributed by atoms with E-state index >= 15 is 0 Å². The highest BCUT2D eigenvalue weighted by molar-refractivity contribution is 7.91. The molecule has 0 spiro atoms. The third-order valence-electron chi connectivity index (χ3n) is 3.83. The van der Waals surface area contributed by atoms with Crippen LogP contribution in [0.4, 0.5) is 0 Å². The lowest BCUT2D eigenvalue weighted by atomic mass is 9.98. The third kappa shape index (κ3) is 2.98. The van der Waals surface area contributed by atoms with Crippen molar-refractivity contribution in [2.24, 2.45) is 11.8 Å². The van der Waals surface area contributed by atoms with Crippen molar-refractivity contribution in [3.63, 3.8) is 0 Å². The summed E-state index contributed by atoms with van der Waals surface area (Å²) >= 11 is 0.783. The number of carboxylic acids is 1. The van der Waals surface area contributed by atoms with Crippen LogP contribution in [-0.4, -0.2) is 25.5 Å². The highest BCUT2D eigenvalue weighted by Crippen LogP contribution is 2.32. The van der Waals surface area contributed by atoms with Gasteiger partial charge in [-0.25, -0.2) is 17.9 Å². The molecule has 0 bridgehead atoms. The minimum atomic E-state index is -3.61. The maximum absolute atomic E-state index is 12.2. The van der Waals surface area contributed by atoms with Crippen LogP contribution in [0.5, 0.6) is 0 Å². The molecular formula is C12H17NO4S2. The van der Waals surface area contributed by atoms with Gasteiger partial charge in [-0.05, 0) is 36.8 Å². The molecule has 0 radical (unpaired) electrons. The zero-order valence-electron chi connectivity index (χ0n) is 10.8. The molecule has 7 heteroatoms. The molecule has 2 rings (SSSR count). The summed E-state index contributed by atoms with van der Waals surface area (Å²) in [6.07, 6.45) is 1.85. The van der Waals surface area contributed by atoms with Crippen LogP contribution in [0.15, 0.2) is 16.3 Å². The minimum Gasteiger partial charge on any atom is -0.477 e. The van der Waals surface area contributed by atoms with E-state index in [-0.39, 0.29) is 15.1 Å². The van der Waals surface area contributed by atoms with Gasteiger partial charge < -0.3 is 5.11 Å².